The SMILES string of the molecule is CC1CC1c1[nH]nc2ncc(N)cc12. The first-order chi connectivity index (χ1) is 6.75. The van der Waals surface area contributed by atoms with Crippen molar-refractivity contribution in [3.05, 3.63) is 18.0 Å². The van der Waals surface area contributed by atoms with E-state index in [1.54, 1.807) is 6.20 Å². The van der Waals surface area contributed by atoms with Gasteiger partial charge in [0.25, 0.3) is 0 Å². The zero-order chi connectivity index (χ0) is 9.71. The topological polar surface area (TPSA) is 67.6 Å². The number of anilines is 1. The van der Waals surface area contributed by atoms with E-state index in [9.17, 15) is 0 Å². The first kappa shape index (κ1) is 7.79. The molecule has 0 spiro atoms. The van der Waals surface area contributed by atoms with Crippen LogP contribution >= 0.6 is 0 Å². The molecule has 2 heterocycles. The van der Waals surface area contributed by atoms with Gasteiger partial charge in [0.2, 0.25) is 0 Å². The molecule has 2 aromatic rings. The molecule has 3 N–H and O–H groups in total. The van der Waals surface area contributed by atoms with Crippen LogP contribution in [0.5, 0.6) is 0 Å². The van der Waals surface area contributed by atoms with Crippen molar-refractivity contribution >= 4 is 16.7 Å². The summed E-state index contributed by atoms with van der Waals surface area (Å²) in [5.74, 6) is 1.39. The van der Waals surface area contributed by atoms with Crippen LogP contribution in [0.15, 0.2) is 12.3 Å². The molecular formula is C10H12N4. The molecule has 72 valence electrons. The largest absolute Gasteiger partial charge is 0.397 e. The van der Waals surface area contributed by atoms with E-state index >= 15 is 0 Å². The Morgan fingerprint density at radius 2 is 2.36 bits per heavy atom. The molecule has 2 aromatic heterocycles. The van der Waals surface area contributed by atoms with Crippen molar-refractivity contribution < 1.29 is 0 Å². The Labute approximate surface area is 81.5 Å². The van der Waals surface area contributed by atoms with E-state index < -0.39 is 0 Å². The van der Waals surface area contributed by atoms with Gasteiger partial charge in [-0.2, -0.15) is 5.10 Å². The van der Waals surface area contributed by atoms with Crippen LogP contribution < -0.4 is 5.73 Å². The van der Waals surface area contributed by atoms with Crippen LogP contribution in [-0.4, -0.2) is 15.2 Å². The van der Waals surface area contributed by atoms with Crippen LogP contribution in [-0.2, 0) is 0 Å². The molecule has 4 nitrogen and oxygen atoms in total. The van der Waals surface area contributed by atoms with Crippen LogP contribution in [0.25, 0.3) is 11.0 Å². The number of aromatic amines is 1. The Morgan fingerprint density at radius 1 is 1.57 bits per heavy atom. The lowest BCUT2D eigenvalue weighted by molar-refractivity contribution is 0.877. The molecule has 0 saturated heterocycles. The highest BCUT2D eigenvalue weighted by Gasteiger charge is 2.36. The fourth-order valence-corrected chi connectivity index (χ4v) is 1.94. The zero-order valence-corrected chi connectivity index (χ0v) is 7.99. The van der Waals surface area contributed by atoms with Crippen molar-refractivity contribution in [2.75, 3.05) is 5.73 Å². The van der Waals surface area contributed by atoms with E-state index in [4.69, 9.17) is 5.73 Å². The minimum absolute atomic E-state index is 0.628. The fourth-order valence-electron chi connectivity index (χ4n) is 1.94. The van der Waals surface area contributed by atoms with E-state index in [1.807, 2.05) is 6.07 Å². The summed E-state index contributed by atoms with van der Waals surface area (Å²) in [5, 5.41) is 8.31. The first-order valence-corrected chi connectivity index (χ1v) is 4.85. The molecule has 1 aliphatic carbocycles. The van der Waals surface area contributed by atoms with Crippen molar-refractivity contribution in [3.63, 3.8) is 0 Å². The summed E-state index contributed by atoms with van der Waals surface area (Å²) >= 11 is 0. The standard InChI is InChI=1S/C10H12N4/c1-5-2-7(5)9-8-3-6(11)4-12-10(8)14-13-9/h3-5,7H,2,11H2,1H3,(H,12,13,14). The summed E-state index contributed by atoms with van der Waals surface area (Å²) in [7, 11) is 0. The lowest BCUT2D eigenvalue weighted by atomic mass is 10.2. The van der Waals surface area contributed by atoms with Crippen LogP contribution in [0.2, 0.25) is 0 Å². The molecule has 2 unspecified atom stereocenters. The van der Waals surface area contributed by atoms with Crippen molar-refractivity contribution in [3.8, 4) is 0 Å². The van der Waals surface area contributed by atoms with Crippen LogP contribution in [0, 0.1) is 5.92 Å². The zero-order valence-electron chi connectivity index (χ0n) is 7.99. The minimum Gasteiger partial charge on any atom is -0.397 e. The highest BCUT2D eigenvalue weighted by Crippen LogP contribution is 2.47. The van der Waals surface area contributed by atoms with Gasteiger partial charge < -0.3 is 5.73 Å². The normalized spacial score (nSPS) is 25.5. The van der Waals surface area contributed by atoms with Gasteiger partial charge in [0.05, 0.1) is 11.9 Å². The summed E-state index contributed by atoms with van der Waals surface area (Å²) in [4.78, 5) is 4.17. The van der Waals surface area contributed by atoms with Crippen LogP contribution in [0.3, 0.4) is 0 Å². The van der Waals surface area contributed by atoms with Gasteiger partial charge in [-0.15, -0.1) is 0 Å². The molecule has 1 saturated carbocycles. The van der Waals surface area contributed by atoms with Gasteiger partial charge in [-0.1, -0.05) is 6.92 Å². The van der Waals surface area contributed by atoms with Gasteiger partial charge in [-0.05, 0) is 18.4 Å². The van der Waals surface area contributed by atoms with Gasteiger partial charge in [0.1, 0.15) is 0 Å². The van der Waals surface area contributed by atoms with Crippen LogP contribution in [0.4, 0.5) is 5.69 Å². The maximum absolute atomic E-state index is 5.70. The highest BCUT2D eigenvalue weighted by molar-refractivity contribution is 5.81. The number of nitrogen functional groups attached to an aromatic ring is 1. The van der Waals surface area contributed by atoms with Crippen LogP contribution in [0.1, 0.15) is 25.0 Å². The number of rotatable bonds is 1. The van der Waals surface area contributed by atoms with Crippen molar-refractivity contribution in [1.82, 2.24) is 15.2 Å². The Kier molecular flexibility index (Phi) is 1.37. The number of nitrogens with zero attached hydrogens (tertiary/aromatic N) is 2. The minimum atomic E-state index is 0.628. The number of pyridine rings is 1. The van der Waals surface area contributed by atoms with Crippen molar-refractivity contribution in [1.29, 1.82) is 0 Å². The molecular weight excluding hydrogens is 176 g/mol. The summed E-state index contributed by atoms with van der Waals surface area (Å²) < 4.78 is 0. The Balaban J connectivity index is 2.19. The average molecular weight is 188 g/mol. The quantitative estimate of drug-likeness (QED) is 0.715. The van der Waals surface area contributed by atoms with Gasteiger partial charge in [0, 0.05) is 17.0 Å². The summed E-state index contributed by atoms with van der Waals surface area (Å²) in [6.45, 7) is 2.25. The van der Waals surface area contributed by atoms with E-state index in [2.05, 4.69) is 22.1 Å². The second-order valence-corrected chi connectivity index (χ2v) is 4.10. The number of fused-ring (bicyclic) bond motifs is 1. The fraction of sp³-hybridized carbons (Fsp3) is 0.400. The first-order valence-electron chi connectivity index (χ1n) is 4.85. The second-order valence-electron chi connectivity index (χ2n) is 4.10. The van der Waals surface area contributed by atoms with Crippen molar-refractivity contribution in [2.45, 2.75) is 19.3 Å². The number of aromatic nitrogens is 3. The number of hydrogen-bond acceptors (Lipinski definition) is 3. The molecule has 0 aromatic carbocycles. The third-order valence-corrected chi connectivity index (χ3v) is 2.94. The third-order valence-electron chi connectivity index (χ3n) is 2.94. The molecule has 0 bridgehead atoms. The molecule has 3 rings (SSSR count). The van der Waals surface area contributed by atoms with Gasteiger partial charge in [0.15, 0.2) is 5.65 Å². The lowest BCUT2D eigenvalue weighted by Crippen LogP contribution is -1.87. The van der Waals surface area contributed by atoms with Gasteiger partial charge in [-0.25, -0.2) is 4.98 Å². The number of hydrogen-bond donors (Lipinski definition) is 2. The third kappa shape index (κ3) is 0.999. The molecule has 4 heteroatoms. The molecule has 0 radical (unpaired) electrons. The smallest absolute Gasteiger partial charge is 0.181 e. The van der Waals surface area contributed by atoms with Gasteiger partial charge >= 0.3 is 0 Å². The monoisotopic (exact) mass is 188 g/mol. The van der Waals surface area contributed by atoms with E-state index in [0.29, 0.717) is 11.6 Å². The van der Waals surface area contributed by atoms with E-state index in [0.717, 1.165) is 17.0 Å². The summed E-state index contributed by atoms with van der Waals surface area (Å²) in [5.41, 5.74) is 8.38. The maximum atomic E-state index is 5.70. The van der Waals surface area contributed by atoms with E-state index in [-0.39, 0.29) is 0 Å². The molecule has 1 fully saturated rings. The van der Waals surface area contributed by atoms with Crippen molar-refractivity contribution in [2.24, 2.45) is 5.92 Å². The Hall–Kier alpha value is -1.58. The molecule has 1 aliphatic rings. The predicted molar refractivity (Wildman–Crippen MR) is 54.8 cm³/mol. The lowest BCUT2D eigenvalue weighted by Gasteiger charge is -1.95. The summed E-state index contributed by atoms with van der Waals surface area (Å²) in [6.07, 6.45) is 2.88. The Morgan fingerprint density at radius 3 is 3.07 bits per heavy atom. The summed E-state index contributed by atoms with van der Waals surface area (Å²) in [6, 6.07) is 1.95. The molecule has 14 heavy (non-hydrogen) atoms. The van der Waals surface area contributed by atoms with E-state index in [1.165, 1.54) is 12.1 Å². The molecule has 0 aliphatic heterocycles. The average Bonchev–Trinajstić information content (AvgIpc) is 2.75. The number of nitrogens with one attached hydrogen (secondary N) is 1. The second kappa shape index (κ2) is 2.47. The molecule has 0 amide bonds. The predicted octanol–water partition coefficient (Wildman–Crippen LogP) is 1.66. The van der Waals surface area contributed by atoms with Gasteiger partial charge in [-0.3, -0.25) is 5.10 Å². The number of H-pyrrole nitrogens is 1. The highest BCUT2D eigenvalue weighted by atomic mass is 15.2. The molecule has 2 atom stereocenters. The maximum Gasteiger partial charge on any atom is 0.181 e. The number of nitrogens with two attached hydrogens (primary N) is 1. The Bertz CT molecular complexity index is 488.